The van der Waals surface area contributed by atoms with E-state index in [-0.39, 0.29) is 43.2 Å². The fraction of sp³-hybridized carbons (Fsp3) is 0.558. The number of esters is 3. The second-order valence-electron chi connectivity index (χ2n) is 19.8. The number of para-hydroxylation sites is 1. The summed E-state index contributed by atoms with van der Waals surface area (Å²) in [7, 11) is 6.30. The molecule has 2 aromatic carbocycles. The van der Waals surface area contributed by atoms with Crippen LogP contribution in [0, 0.1) is 17.8 Å². The van der Waals surface area contributed by atoms with Crippen molar-refractivity contribution >= 4 is 53.2 Å². The van der Waals surface area contributed by atoms with Gasteiger partial charge in [-0.3, -0.25) is 19.4 Å². The number of nitrogens with zero attached hydrogens (tertiary/aromatic N) is 3. The summed E-state index contributed by atoms with van der Waals surface area (Å²) in [5, 5.41) is 81.9. The zero-order chi connectivity index (χ0) is 55.2. The molecule has 7 aliphatic rings. The molecule has 3 fully saturated rings. The molecule has 1 saturated carbocycles. The maximum absolute atomic E-state index is 14.4. The second kappa shape index (κ2) is 22.9. The van der Waals surface area contributed by atoms with E-state index in [2.05, 4.69) is 52.4 Å². The minimum Gasteiger partial charge on any atom is -0.496 e. The summed E-state index contributed by atoms with van der Waals surface area (Å²) in [6.45, 7) is 7.36. The molecule has 2 aromatic rings. The topological polar surface area (TPSA) is 360 Å². The number of likely N-dealkylation sites (N-methyl/N-ethyl adjacent to an activating group) is 1. The molecule has 6 aliphatic heterocycles. The number of carbonyl (C=O) groups excluding carboxylic acids is 3. The average molecular weight is 1070 g/mol. The zero-order valence-electron chi connectivity index (χ0n) is 42.0. The second-order valence-corrected chi connectivity index (χ2v) is 19.8. The molecule has 6 heterocycles. The van der Waals surface area contributed by atoms with Crippen molar-refractivity contribution in [3.05, 3.63) is 76.9 Å². The Balaban J connectivity index is 0.000000379. The van der Waals surface area contributed by atoms with Gasteiger partial charge >= 0.3 is 41.8 Å². The number of carbonyl (C=O) groups is 7. The van der Waals surface area contributed by atoms with Crippen molar-refractivity contribution in [2.75, 3.05) is 71.3 Å². The van der Waals surface area contributed by atoms with E-state index in [1.165, 1.54) is 32.3 Å². The Labute approximate surface area is 437 Å². The van der Waals surface area contributed by atoms with Crippen molar-refractivity contribution in [3.8, 4) is 5.75 Å². The van der Waals surface area contributed by atoms with Gasteiger partial charge in [-0.05, 0) is 42.6 Å². The number of aliphatic carboxylic acids is 4. The number of carboxylic acid groups (broad SMARTS) is 4. The number of methoxy groups -OCH3 is 3. The molecule has 0 amide bonds. The van der Waals surface area contributed by atoms with E-state index in [0.29, 0.717) is 18.7 Å². The molecular weight excluding hydrogens is 1000 g/mol. The standard InChI is InChI=1S/C43H52N4O8.2C4H6O6.CH4/c1-7-24-17-25-21-46(20-24)22-29-26-11-8-9-13-31(26)44-36(29)35(34(25)39(49)53-5)28-18-30-32(19-33(28)52-4)45(3)40-42(30)14-16-47-15-10-12-27(37(42)47)38(55-23(2)48)43(40,51)41(50)54-6;2*5-1(3(7)8)2(6)4(9)10;/h8-13,17-19,25,27,29,34-38,40,44,51H,7,14-16,20-22H2,1-6H3;2*1-2,5-6H,(H,7,8)(H,9,10);1H4/t25?,27?,29?,34-,35+,36?,37+,38-,40-,42-,43-;2*1-,2-;/m111./s1. The number of hydrogen-bond donors (Lipinski definition) is 10. The van der Waals surface area contributed by atoms with Crippen molar-refractivity contribution in [1.82, 2.24) is 9.80 Å². The van der Waals surface area contributed by atoms with Crippen molar-refractivity contribution < 1.29 is 98.5 Å². The summed E-state index contributed by atoms with van der Waals surface area (Å²) < 4.78 is 23.4. The maximum Gasteiger partial charge on any atom is 0.344 e. The van der Waals surface area contributed by atoms with Gasteiger partial charge in [0.2, 0.25) is 5.60 Å². The maximum atomic E-state index is 14.4. The lowest BCUT2D eigenvalue weighted by atomic mass is 9.54. The van der Waals surface area contributed by atoms with Crippen molar-refractivity contribution in [1.29, 1.82) is 0 Å². The van der Waals surface area contributed by atoms with Crippen LogP contribution in [0.15, 0.2) is 60.2 Å². The van der Waals surface area contributed by atoms with Gasteiger partial charge in [0.25, 0.3) is 0 Å². The molecule has 1 spiro atoms. The predicted molar refractivity (Wildman–Crippen MR) is 266 cm³/mol. The SMILES string of the molecule is C.CCC1=CC2CN(C1)CC1c3ccccc3NC1[C@@H](c1cc3c(cc1OC)N(C)[C@H]1[C@@](O)(C(=O)OC)[C@H](OC(C)=O)C4C=CCN5CC[C@]31[C@H]45)[C@@H]2C(=O)OC.O=C(O)[C@H](O)[C@@H](O)C(=O)O.O=C(O)[C@H](O)[C@@H](O)C(=O)O. The van der Waals surface area contributed by atoms with Crippen molar-refractivity contribution in [2.45, 2.75) is 106 Å². The Morgan fingerprint density at radius 1 is 0.842 bits per heavy atom. The lowest BCUT2D eigenvalue weighted by Crippen LogP contribution is -2.78. The number of anilines is 2. The Morgan fingerprint density at radius 3 is 1.99 bits per heavy atom. The van der Waals surface area contributed by atoms with Crippen LogP contribution in [0.1, 0.15) is 62.6 Å². The van der Waals surface area contributed by atoms with Gasteiger partial charge in [-0.15, -0.1) is 0 Å². The van der Waals surface area contributed by atoms with Gasteiger partial charge < -0.3 is 75.1 Å². The number of aliphatic hydroxyl groups is 5. The van der Waals surface area contributed by atoms with E-state index in [4.69, 9.17) is 59.8 Å². The Hall–Kier alpha value is -6.67. The predicted octanol–water partition coefficient (Wildman–Crippen LogP) is -0.0155. The van der Waals surface area contributed by atoms with Crippen LogP contribution in [0.2, 0.25) is 0 Å². The number of hydrogen-bond acceptors (Lipinski definition) is 20. The van der Waals surface area contributed by atoms with E-state index < -0.39 is 95.2 Å². The third-order valence-electron chi connectivity index (χ3n) is 16.0. The number of aliphatic hydroxyl groups excluding tert-OH is 4. The molecular formula is C52H68N4O20. The summed E-state index contributed by atoms with van der Waals surface area (Å²) in [5.41, 5.74) is 3.35. The molecule has 416 valence electrons. The van der Waals surface area contributed by atoms with Gasteiger partial charge in [0.1, 0.15) is 5.75 Å². The highest BCUT2D eigenvalue weighted by molar-refractivity contribution is 5.87. The molecule has 2 bridgehead atoms. The molecule has 2 saturated heterocycles. The van der Waals surface area contributed by atoms with Crippen LogP contribution in [-0.2, 0) is 53.2 Å². The van der Waals surface area contributed by atoms with Crippen LogP contribution in [0.5, 0.6) is 5.75 Å². The summed E-state index contributed by atoms with van der Waals surface area (Å²) in [6.07, 6.45) is -2.33. The van der Waals surface area contributed by atoms with Crippen LogP contribution >= 0.6 is 0 Å². The number of carboxylic acids is 4. The number of rotatable bonds is 12. The van der Waals surface area contributed by atoms with Gasteiger partial charge in [0, 0.05) is 104 Å². The van der Waals surface area contributed by atoms with Gasteiger partial charge in [-0.1, -0.05) is 56.4 Å². The average Bonchev–Trinajstić information content (AvgIpc) is 4.22. The van der Waals surface area contributed by atoms with Gasteiger partial charge in [-0.2, -0.15) is 0 Å². The first-order valence-corrected chi connectivity index (χ1v) is 24.3. The first-order chi connectivity index (χ1) is 35.4. The quantitative estimate of drug-likeness (QED) is 0.0759. The first-order valence-electron chi connectivity index (χ1n) is 24.3. The third kappa shape index (κ3) is 9.97. The molecule has 24 heteroatoms. The molecule has 0 radical (unpaired) electrons. The van der Waals surface area contributed by atoms with Crippen molar-refractivity contribution in [3.63, 3.8) is 0 Å². The molecule has 16 atom stereocenters. The first kappa shape index (κ1) is 58.6. The zero-order valence-corrected chi connectivity index (χ0v) is 42.0. The van der Waals surface area contributed by atoms with Gasteiger partial charge in [0.15, 0.2) is 30.5 Å². The molecule has 24 nitrogen and oxygen atoms in total. The largest absolute Gasteiger partial charge is 0.496 e. The number of ether oxygens (including phenoxy) is 4. The van der Waals surface area contributed by atoms with E-state index in [1.807, 2.05) is 36.2 Å². The number of nitrogens with one attached hydrogen (secondary N) is 1. The smallest absolute Gasteiger partial charge is 0.344 e. The summed E-state index contributed by atoms with van der Waals surface area (Å²) >= 11 is 0. The van der Waals surface area contributed by atoms with E-state index in [1.54, 1.807) is 7.11 Å². The Kier molecular flexibility index (Phi) is 17.6. The van der Waals surface area contributed by atoms with Crippen LogP contribution in [0.3, 0.4) is 0 Å². The third-order valence-corrected chi connectivity index (χ3v) is 16.0. The molecule has 9 rings (SSSR count). The summed E-state index contributed by atoms with van der Waals surface area (Å²) in [6, 6.07) is 11.5. The molecule has 0 aromatic heterocycles. The minimum atomic E-state index is -2.27. The molecule has 5 unspecified atom stereocenters. The van der Waals surface area contributed by atoms with Gasteiger partial charge in [-0.25, -0.2) is 24.0 Å². The lowest BCUT2D eigenvalue weighted by molar-refractivity contribution is -0.211. The summed E-state index contributed by atoms with van der Waals surface area (Å²) in [5.74, 6) is -9.56. The van der Waals surface area contributed by atoms with Crippen LogP contribution in [-0.4, -0.2) is 213 Å². The number of benzene rings is 2. The van der Waals surface area contributed by atoms with E-state index >= 15 is 0 Å². The number of fused-ring (bicyclic) bond motifs is 6. The van der Waals surface area contributed by atoms with Crippen LogP contribution < -0.4 is 15.0 Å². The fourth-order valence-corrected chi connectivity index (χ4v) is 13.0. The fourth-order valence-electron chi connectivity index (χ4n) is 13.0. The normalized spacial score (nSPS) is 31.5. The Morgan fingerprint density at radius 2 is 1.45 bits per heavy atom. The molecule has 10 N–H and O–H groups in total. The van der Waals surface area contributed by atoms with E-state index in [0.717, 1.165) is 55.1 Å². The molecule has 1 aliphatic carbocycles. The van der Waals surface area contributed by atoms with E-state index in [9.17, 15) is 38.7 Å². The highest BCUT2D eigenvalue weighted by Gasteiger charge is 2.76. The highest BCUT2D eigenvalue weighted by Crippen LogP contribution is 2.64. The van der Waals surface area contributed by atoms with Crippen LogP contribution in [0.25, 0.3) is 0 Å². The van der Waals surface area contributed by atoms with Gasteiger partial charge in [0.05, 0.1) is 33.3 Å². The minimum absolute atomic E-state index is 0. The monoisotopic (exact) mass is 1070 g/mol. The summed E-state index contributed by atoms with van der Waals surface area (Å²) in [4.78, 5) is 87.2. The van der Waals surface area contributed by atoms with Crippen LogP contribution in [0.4, 0.5) is 11.4 Å². The highest BCUT2D eigenvalue weighted by atomic mass is 16.6. The lowest BCUT2D eigenvalue weighted by Gasteiger charge is -2.58. The Bertz CT molecular complexity index is 2570. The molecule has 76 heavy (non-hydrogen) atoms. The van der Waals surface area contributed by atoms with Crippen molar-refractivity contribution in [2.24, 2.45) is 17.8 Å².